The molecule has 3 aliphatic rings. The lowest BCUT2D eigenvalue weighted by molar-refractivity contribution is 0.00578. The van der Waals surface area contributed by atoms with Crippen molar-refractivity contribution in [3.63, 3.8) is 0 Å². The standard InChI is InChI=1S/C26H24BN3O2.C21H14ClN3.C12H24B2O4.CH4/c1-18-26(2,3)32-27(31-18)22-16-10-15-21(17-22)25-29-23(19-11-6-4-7-12-19)28-24(30-25)20-13-8-5-9-14-20;22-18-13-7-12-17(14-18)21-24-19(15-8-3-1-4-9-15)23-20(25-21)16-10-5-2-6-11-16;1-9(2)10(3,4)16-13(15-9)14-17-11(5,6)12(7,8)18-14;/h4-18H,1-3H3;1-14H;1-8H3;1H4. The highest BCUT2D eigenvalue weighted by Crippen LogP contribution is 2.43. The summed E-state index contributed by atoms with van der Waals surface area (Å²) < 4.78 is 36.1. The predicted molar refractivity (Wildman–Crippen MR) is 307 cm³/mol. The molecule has 0 N–H and O–H groups in total. The maximum atomic E-state index is 6.15. The Hall–Kier alpha value is -6.42. The lowest BCUT2D eigenvalue weighted by Gasteiger charge is -2.32. The first-order valence-electron chi connectivity index (χ1n) is 25.3. The van der Waals surface area contributed by atoms with Crippen molar-refractivity contribution in [1.82, 2.24) is 29.9 Å². The van der Waals surface area contributed by atoms with Gasteiger partial charge in [0.15, 0.2) is 34.9 Å². The van der Waals surface area contributed by atoms with E-state index in [0.717, 1.165) is 38.8 Å². The molecule has 0 aliphatic carbocycles. The van der Waals surface area contributed by atoms with E-state index < -0.39 is 21.1 Å². The van der Waals surface area contributed by atoms with Crippen molar-refractivity contribution in [2.24, 2.45) is 0 Å². The lowest BCUT2D eigenvalue weighted by Crippen LogP contribution is -2.41. The molecule has 1 atom stereocenters. The Labute approximate surface area is 454 Å². The summed E-state index contributed by atoms with van der Waals surface area (Å²) in [6, 6.07) is 55.3. The summed E-state index contributed by atoms with van der Waals surface area (Å²) in [6.45, 7) is 22.3. The van der Waals surface area contributed by atoms with Gasteiger partial charge in [0.2, 0.25) is 0 Å². The molecule has 0 amide bonds. The van der Waals surface area contributed by atoms with E-state index in [1.54, 1.807) is 0 Å². The zero-order valence-corrected chi connectivity index (χ0v) is 45.2. The number of rotatable bonds is 8. The topological polar surface area (TPSA) is 133 Å². The molecule has 0 bridgehead atoms. The fourth-order valence-corrected chi connectivity index (χ4v) is 8.41. The average molecular weight is 1040 g/mol. The van der Waals surface area contributed by atoms with Gasteiger partial charge in [0.1, 0.15) is 0 Å². The number of aromatic nitrogens is 6. The van der Waals surface area contributed by atoms with Gasteiger partial charge < -0.3 is 27.9 Å². The van der Waals surface area contributed by atoms with Gasteiger partial charge in [-0.25, -0.2) is 29.9 Å². The van der Waals surface area contributed by atoms with E-state index in [9.17, 15) is 0 Å². The van der Waals surface area contributed by atoms with Gasteiger partial charge >= 0.3 is 21.1 Å². The molecule has 5 heterocycles. The van der Waals surface area contributed by atoms with Gasteiger partial charge in [-0.1, -0.05) is 177 Å². The third-order valence-electron chi connectivity index (χ3n) is 14.4. The Kier molecular flexibility index (Phi) is 16.6. The average Bonchev–Trinajstić information content (AvgIpc) is 3.92. The molecule has 0 radical (unpaired) electrons. The molecule has 1 unspecified atom stereocenters. The number of nitrogens with zero attached hydrogens (tertiary/aromatic N) is 6. The summed E-state index contributed by atoms with van der Waals surface area (Å²) in [5.41, 5.74) is 4.72. The van der Waals surface area contributed by atoms with Crippen LogP contribution in [0.3, 0.4) is 0 Å². The second-order valence-corrected chi connectivity index (χ2v) is 21.7. The minimum Gasteiger partial charge on any atom is -0.405 e. The second kappa shape index (κ2) is 22.7. The van der Waals surface area contributed by atoms with Crippen molar-refractivity contribution in [3.05, 3.63) is 175 Å². The van der Waals surface area contributed by atoms with Crippen LogP contribution in [0.5, 0.6) is 0 Å². The van der Waals surface area contributed by atoms with Crippen molar-refractivity contribution in [2.75, 3.05) is 0 Å². The minimum atomic E-state index is -0.476. The first kappa shape index (κ1) is 55.8. The van der Waals surface area contributed by atoms with Gasteiger partial charge in [0.25, 0.3) is 0 Å². The highest BCUT2D eigenvalue weighted by molar-refractivity contribution is 7.11. The molecule has 3 saturated heterocycles. The highest BCUT2D eigenvalue weighted by Gasteiger charge is 2.63. The summed E-state index contributed by atoms with van der Waals surface area (Å²) in [4.78, 5) is 28.4. The molecular formula is C60H66B3ClN6O6. The van der Waals surface area contributed by atoms with Crippen molar-refractivity contribution in [1.29, 1.82) is 0 Å². The number of hydrogen-bond donors (Lipinski definition) is 0. The van der Waals surface area contributed by atoms with E-state index in [-0.39, 0.29) is 41.5 Å². The van der Waals surface area contributed by atoms with Gasteiger partial charge in [0.05, 0.1) is 34.1 Å². The summed E-state index contributed by atoms with van der Waals surface area (Å²) in [5, 5.41) is 0.653. The number of hydrogen-bond acceptors (Lipinski definition) is 12. The van der Waals surface area contributed by atoms with Gasteiger partial charge in [0, 0.05) is 38.4 Å². The quantitative estimate of drug-likeness (QED) is 0.134. The Bertz CT molecular complexity index is 3050. The van der Waals surface area contributed by atoms with Gasteiger partial charge in [-0.2, -0.15) is 0 Å². The molecule has 3 aliphatic heterocycles. The van der Waals surface area contributed by atoms with E-state index in [4.69, 9.17) is 54.5 Å². The van der Waals surface area contributed by atoms with E-state index in [1.807, 2.05) is 246 Å². The van der Waals surface area contributed by atoms with Crippen molar-refractivity contribution < 1.29 is 27.9 Å². The van der Waals surface area contributed by atoms with Crippen LogP contribution in [0.25, 0.3) is 68.3 Å². The largest absolute Gasteiger partial charge is 0.494 e. The summed E-state index contributed by atoms with van der Waals surface area (Å²) in [7, 11) is -1.36. The molecule has 76 heavy (non-hydrogen) atoms. The normalized spacial score (nSPS) is 18.4. The Morgan fingerprint density at radius 1 is 0.368 bits per heavy atom. The van der Waals surface area contributed by atoms with Crippen molar-refractivity contribution >= 4 is 38.2 Å². The van der Waals surface area contributed by atoms with Gasteiger partial charge in [-0.15, -0.1) is 0 Å². The van der Waals surface area contributed by atoms with Gasteiger partial charge in [-0.05, 0) is 93.8 Å². The number of halogens is 1. The van der Waals surface area contributed by atoms with E-state index in [2.05, 4.69) is 15.0 Å². The zero-order chi connectivity index (χ0) is 53.2. The minimum absolute atomic E-state index is 0. The maximum Gasteiger partial charge on any atom is 0.494 e. The Morgan fingerprint density at radius 3 is 0.961 bits per heavy atom. The smallest absolute Gasteiger partial charge is 0.405 e. The molecule has 11 rings (SSSR count). The van der Waals surface area contributed by atoms with Crippen molar-refractivity contribution in [3.8, 4) is 68.3 Å². The molecule has 3 fully saturated rings. The van der Waals surface area contributed by atoms with Crippen LogP contribution in [0.1, 0.15) is 83.6 Å². The maximum absolute atomic E-state index is 6.15. The monoisotopic (exact) mass is 1030 g/mol. The fraction of sp³-hybridized carbons (Fsp3) is 0.300. The van der Waals surface area contributed by atoms with E-state index >= 15 is 0 Å². The van der Waals surface area contributed by atoms with E-state index in [0.29, 0.717) is 40.0 Å². The zero-order valence-electron chi connectivity index (χ0n) is 44.5. The summed E-state index contributed by atoms with van der Waals surface area (Å²) in [5.74, 6) is 3.79. The Balaban J connectivity index is 0.000000156. The summed E-state index contributed by atoms with van der Waals surface area (Å²) >= 11 is 6.14. The van der Waals surface area contributed by atoms with Crippen LogP contribution < -0.4 is 5.46 Å². The molecule has 0 saturated carbocycles. The molecule has 388 valence electrons. The van der Waals surface area contributed by atoms with Gasteiger partial charge in [-0.3, -0.25) is 0 Å². The lowest BCUT2D eigenvalue weighted by atomic mass is 9.49. The molecule has 2 aromatic heterocycles. The third-order valence-corrected chi connectivity index (χ3v) is 14.6. The fourth-order valence-electron chi connectivity index (χ4n) is 8.22. The second-order valence-electron chi connectivity index (χ2n) is 21.3. The molecule has 16 heteroatoms. The van der Waals surface area contributed by atoms with E-state index in [1.165, 1.54) is 0 Å². The first-order valence-corrected chi connectivity index (χ1v) is 25.7. The molecule has 12 nitrogen and oxygen atoms in total. The van der Waals surface area contributed by atoms with Crippen LogP contribution in [-0.4, -0.2) is 85.1 Å². The number of benzene rings is 6. The Morgan fingerprint density at radius 2 is 0.658 bits per heavy atom. The van der Waals surface area contributed by atoms with Crippen LogP contribution >= 0.6 is 11.6 Å². The first-order chi connectivity index (χ1) is 35.7. The summed E-state index contributed by atoms with van der Waals surface area (Å²) in [6.07, 6.45) is 0.00250. The van der Waals surface area contributed by atoms with Crippen LogP contribution in [0, 0.1) is 0 Å². The molecular weight excluding hydrogens is 969 g/mol. The van der Waals surface area contributed by atoms with Crippen LogP contribution in [0.4, 0.5) is 0 Å². The SMILES string of the molecule is C.CC1(C)OB(B2OC(C)(C)C(C)(C)O2)OC1(C)C.CC1OB(c2cccc(-c3nc(-c4ccccc4)nc(-c4ccccc4)n3)c2)OC1(C)C.Clc1cccc(-c2nc(-c3ccccc3)nc(-c3ccccc3)n2)c1. The third kappa shape index (κ3) is 12.5. The molecule has 8 aromatic rings. The van der Waals surface area contributed by atoms with Crippen LogP contribution in [0.2, 0.25) is 5.02 Å². The molecule has 0 spiro atoms. The highest BCUT2D eigenvalue weighted by atomic mass is 35.5. The van der Waals surface area contributed by atoms with Crippen molar-refractivity contribution in [2.45, 2.75) is 118 Å². The van der Waals surface area contributed by atoms with Crippen LogP contribution in [-0.2, 0) is 27.9 Å². The van der Waals surface area contributed by atoms with Crippen LogP contribution in [0.15, 0.2) is 170 Å². The molecule has 6 aromatic carbocycles. The predicted octanol–water partition coefficient (Wildman–Crippen LogP) is 13.2.